The van der Waals surface area contributed by atoms with Crippen molar-refractivity contribution >= 4 is 121 Å². The van der Waals surface area contributed by atoms with E-state index in [2.05, 4.69) is 209 Å². The zero-order valence-corrected chi connectivity index (χ0v) is 36.1. The number of hydrogen-bond donors (Lipinski definition) is 0. The predicted molar refractivity (Wildman–Crippen MR) is 268 cm³/mol. The summed E-state index contributed by atoms with van der Waals surface area (Å²) in [5.74, 6) is 1.90. The number of pyridine rings is 2. The van der Waals surface area contributed by atoms with Gasteiger partial charge in [0.1, 0.15) is 21.9 Å². The molecule has 7 aromatic carbocycles. The number of anilines is 9. The summed E-state index contributed by atoms with van der Waals surface area (Å²) in [6, 6.07) is 69.8. The molecule has 9 heteroatoms. The summed E-state index contributed by atoms with van der Waals surface area (Å²) >= 11 is 14.3. The van der Waals surface area contributed by atoms with Crippen LogP contribution in [0.3, 0.4) is 0 Å². The molecule has 0 N–H and O–H groups in total. The molecular formula is C55H37B2Cl2N5. The maximum Gasteiger partial charge on any atom is 0.254 e. The fourth-order valence-electron chi connectivity index (χ4n) is 11.2. The minimum absolute atomic E-state index is 0.114. The standard InChI is InChI=1S/C55H37B2Cl2N5/c58-50-32-38-30-36(35-17-5-1-6-18-35)29-37-31-48-45(33-44(37)56-43-26-14-16-28-47(43)63(54(60-50)52(38)56)40-21-9-3-10-22-40)57-42-25-13-15-27-46(42)62(39-19-7-2-8-20-39)49-34-51(59)61-55(53(49)57)64(48)41-23-11-4-12-24-41/h1-28,31-34,36H,29-30H2. The Kier molecular flexibility index (Phi) is 8.65. The van der Waals surface area contributed by atoms with E-state index < -0.39 is 0 Å². The molecule has 0 spiro atoms. The van der Waals surface area contributed by atoms with Crippen molar-refractivity contribution in [2.75, 3.05) is 14.7 Å². The molecule has 5 nitrogen and oxygen atoms in total. The molecular weight excluding hydrogens is 823 g/mol. The Morgan fingerprint density at radius 3 is 1.48 bits per heavy atom. The number of halogens is 2. The Morgan fingerprint density at radius 2 is 0.859 bits per heavy atom. The summed E-state index contributed by atoms with van der Waals surface area (Å²) in [6.45, 7) is -0.250. The van der Waals surface area contributed by atoms with E-state index in [1.54, 1.807) is 0 Å². The number of nitrogens with zero attached hydrogens (tertiary/aromatic N) is 5. The molecule has 4 aliphatic heterocycles. The third-order valence-electron chi connectivity index (χ3n) is 13.7. The van der Waals surface area contributed by atoms with Crippen LogP contribution in [0.1, 0.15) is 22.6 Å². The second-order valence-electron chi connectivity index (χ2n) is 17.2. The number of rotatable bonds is 4. The van der Waals surface area contributed by atoms with Crippen LogP contribution in [0, 0.1) is 0 Å². The molecule has 4 aliphatic rings. The van der Waals surface area contributed by atoms with Crippen LogP contribution in [-0.4, -0.2) is 23.4 Å². The lowest BCUT2D eigenvalue weighted by Gasteiger charge is -2.44. The van der Waals surface area contributed by atoms with Gasteiger partial charge in [-0.1, -0.05) is 162 Å². The molecule has 0 amide bonds. The van der Waals surface area contributed by atoms with Crippen LogP contribution in [0.15, 0.2) is 194 Å². The summed E-state index contributed by atoms with van der Waals surface area (Å²) in [6.07, 6.45) is 1.64. The lowest BCUT2D eigenvalue weighted by atomic mass is 9.30. The third kappa shape index (κ3) is 5.74. The normalized spacial score (nSPS) is 15.2. The van der Waals surface area contributed by atoms with Crippen molar-refractivity contribution in [1.82, 2.24) is 9.97 Å². The maximum absolute atomic E-state index is 7.17. The first-order chi connectivity index (χ1) is 31.6. The molecule has 0 bridgehead atoms. The molecule has 1 unspecified atom stereocenters. The number of hydrogen-bond acceptors (Lipinski definition) is 5. The van der Waals surface area contributed by atoms with E-state index >= 15 is 0 Å². The highest BCUT2D eigenvalue weighted by Crippen LogP contribution is 2.45. The van der Waals surface area contributed by atoms with Crippen LogP contribution in [-0.2, 0) is 12.8 Å². The Labute approximate surface area is 383 Å². The number of aromatic nitrogens is 2. The monoisotopic (exact) mass is 859 g/mol. The summed E-state index contributed by atoms with van der Waals surface area (Å²) in [4.78, 5) is 17.6. The van der Waals surface area contributed by atoms with Gasteiger partial charge in [0.05, 0.1) is 0 Å². The molecule has 1 atom stereocenters. The van der Waals surface area contributed by atoms with Gasteiger partial charge in [0.25, 0.3) is 6.71 Å². The number of benzene rings is 7. The minimum Gasteiger partial charge on any atom is -0.311 e. The van der Waals surface area contributed by atoms with Gasteiger partial charge in [-0.05, 0) is 124 Å². The number of fused-ring (bicyclic) bond motifs is 8. The van der Waals surface area contributed by atoms with Gasteiger partial charge in [0.15, 0.2) is 0 Å². The Balaban J connectivity index is 1.14. The highest BCUT2D eigenvalue weighted by atomic mass is 35.5. The molecule has 0 radical (unpaired) electrons. The lowest BCUT2D eigenvalue weighted by Crippen LogP contribution is -2.64. The van der Waals surface area contributed by atoms with E-state index in [1.165, 1.54) is 44.0 Å². The maximum atomic E-state index is 7.17. The summed E-state index contributed by atoms with van der Waals surface area (Å²) in [5.41, 5.74) is 18.7. The fraction of sp³-hybridized carbons (Fsp3) is 0.0545. The molecule has 64 heavy (non-hydrogen) atoms. The molecule has 6 heterocycles. The van der Waals surface area contributed by atoms with Crippen LogP contribution in [0.25, 0.3) is 0 Å². The van der Waals surface area contributed by atoms with Crippen molar-refractivity contribution in [3.8, 4) is 0 Å². The van der Waals surface area contributed by atoms with E-state index in [0.29, 0.717) is 10.3 Å². The van der Waals surface area contributed by atoms with Crippen LogP contribution in [0.4, 0.5) is 51.4 Å². The minimum atomic E-state index is -0.136. The van der Waals surface area contributed by atoms with Crippen molar-refractivity contribution in [2.45, 2.75) is 18.8 Å². The van der Waals surface area contributed by atoms with Gasteiger partial charge in [0.2, 0.25) is 6.71 Å². The van der Waals surface area contributed by atoms with Gasteiger partial charge in [0, 0.05) is 39.8 Å². The van der Waals surface area contributed by atoms with E-state index in [1.807, 2.05) is 0 Å². The third-order valence-corrected chi connectivity index (χ3v) is 14.1. The molecule has 0 aliphatic carbocycles. The highest BCUT2D eigenvalue weighted by Gasteiger charge is 2.47. The number of para-hydroxylation sites is 5. The van der Waals surface area contributed by atoms with Crippen molar-refractivity contribution < 1.29 is 0 Å². The molecule has 302 valence electrons. The fourth-order valence-corrected chi connectivity index (χ4v) is 11.6. The topological polar surface area (TPSA) is 35.5 Å². The van der Waals surface area contributed by atoms with Crippen LogP contribution in [0.2, 0.25) is 10.3 Å². The summed E-state index contributed by atoms with van der Waals surface area (Å²) in [7, 11) is 0. The van der Waals surface area contributed by atoms with Crippen LogP contribution >= 0.6 is 23.2 Å². The SMILES string of the molecule is Clc1cc2c3c(n1)N(c1ccccc1)c1ccccc1B3c1cc3c(cc1CC(c1ccccc1)C2)N(c1ccccc1)c1nc(Cl)cc2c1B3c1ccccc1N2c1ccccc1. The van der Waals surface area contributed by atoms with Gasteiger partial charge in [-0.2, -0.15) is 0 Å². The first-order valence-electron chi connectivity index (χ1n) is 21.9. The van der Waals surface area contributed by atoms with Gasteiger partial charge in [-0.25, -0.2) is 9.97 Å². The second-order valence-corrected chi connectivity index (χ2v) is 17.9. The van der Waals surface area contributed by atoms with Crippen LogP contribution < -0.4 is 47.5 Å². The predicted octanol–water partition coefficient (Wildman–Crippen LogP) is 10.0. The zero-order chi connectivity index (χ0) is 42.5. The summed E-state index contributed by atoms with van der Waals surface area (Å²) < 4.78 is 0. The van der Waals surface area contributed by atoms with Crippen molar-refractivity contribution in [3.63, 3.8) is 0 Å². The van der Waals surface area contributed by atoms with E-state index in [0.717, 1.165) is 69.8 Å². The lowest BCUT2D eigenvalue weighted by molar-refractivity contribution is 0.682. The quantitative estimate of drug-likeness (QED) is 0.130. The Morgan fingerprint density at radius 1 is 0.391 bits per heavy atom. The first-order valence-corrected chi connectivity index (χ1v) is 22.7. The first kappa shape index (κ1) is 37.5. The summed E-state index contributed by atoms with van der Waals surface area (Å²) in [5, 5.41) is 0.950. The van der Waals surface area contributed by atoms with Gasteiger partial charge in [-0.15, -0.1) is 0 Å². The Bertz CT molecular complexity index is 3300. The second kappa shape index (κ2) is 14.8. The zero-order valence-electron chi connectivity index (χ0n) is 34.6. The molecule has 9 aromatic rings. The average molecular weight is 860 g/mol. The van der Waals surface area contributed by atoms with E-state index in [9.17, 15) is 0 Å². The van der Waals surface area contributed by atoms with Crippen LogP contribution in [0.5, 0.6) is 0 Å². The van der Waals surface area contributed by atoms with Gasteiger partial charge >= 0.3 is 0 Å². The largest absolute Gasteiger partial charge is 0.311 e. The van der Waals surface area contributed by atoms with Crippen molar-refractivity contribution in [1.29, 1.82) is 0 Å². The average Bonchev–Trinajstić information content (AvgIpc) is 3.33. The molecule has 0 fully saturated rings. The van der Waals surface area contributed by atoms with Crippen molar-refractivity contribution in [3.05, 3.63) is 221 Å². The molecule has 2 aromatic heterocycles. The Hall–Kier alpha value is -7.05. The van der Waals surface area contributed by atoms with Crippen molar-refractivity contribution in [2.24, 2.45) is 0 Å². The van der Waals surface area contributed by atoms with E-state index in [-0.39, 0.29) is 19.3 Å². The van der Waals surface area contributed by atoms with E-state index in [4.69, 9.17) is 33.2 Å². The van der Waals surface area contributed by atoms with Gasteiger partial charge in [-0.3, -0.25) is 9.80 Å². The smallest absolute Gasteiger partial charge is 0.254 e. The molecule has 13 rings (SSSR count). The molecule has 0 saturated carbocycles. The van der Waals surface area contributed by atoms with Gasteiger partial charge < -0.3 is 4.90 Å². The molecule has 0 saturated heterocycles. The highest BCUT2D eigenvalue weighted by molar-refractivity contribution is 7.02.